The molecule has 5 nitrogen and oxygen atoms in total. The largest absolute Gasteiger partial charge is 0.305 e. The molecule has 0 aliphatic heterocycles. The molecule has 0 aliphatic rings. The van der Waals surface area contributed by atoms with Gasteiger partial charge in [0, 0.05) is 14.1 Å². The molecule has 1 heterocycles. The zero-order valence-corrected chi connectivity index (χ0v) is 13.9. The van der Waals surface area contributed by atoms with Crippen LogP contribution in [0.5, 0.6) is 0 Å². The number of rotatable bonds is 3. The van der Waals surface area contributed by atoms with Crippen molar-refractivity contribution in [2.24, 2.45) is 0 Å². The molecule has 19 heavy (non-hydrogen) atoms. The van der Waals surface area contributed by atoms with E-state index in [1.54, 1.807) is 4.68 Å². The van der Waals surface area contributed by atoms with E-state index in [9.17, 15) is 0 Å². The molecule has 0 unspecified atom stereocenters. The quantitative estimate of drug-likeness (QED) is 0.818. The maximum absolute atomic E-state index is 5.96. The molecule has 0 atom stereocenters. The molecule has 7 heteroatoms. The van der Waals surface area contributed by atoms with E-state index >= 15 is 0 Å². The standard InChI is InChI=1S/C12H15ClIN5/c1-12(2,3)15-7-11-16-17-18-19(11)10-5-4-8(13)6-9(10)14/h4-6,15H,7H2,1-3H3. The molecule has 1 aromatic heterocycles. The van der Waals surface area contributed by atoms with Crippen molar-refractivity contribution < 1.29 is 0 Å². The number of tetrazole rings is 1. The number of benzene rings is 1. The average Bonchev–Trinajstić information content (AvgIpc) is 2.73. The van der Waals surface area contributed by atoms with Crippen molar-refractivity contribution in [1.82, 2.24) is 25.5 Å². The minimum atomic E-state index is 0.0178. The lowest BCUT2D eigenvalue weighted by Gasteiger charge is -2.20. The summed E-state index contributed by atoms with van der Waals surface area (Å²) in [6.07, 6.45) is 0. The Balaban J connectivity index is 2.28. The van der Waals surface area contributed by atoms with Crippen LogP contribution in [0.1, 0.15) is 26.6 Å². The van der Waals surface area contributed by atoms with Crippen LogP contribution < -0.4 is 5.32 Å². The van der Waals surface area contributed by atoms with E-state index in [0.29, 0.717) is 11.6 Å². The lowest BCUT2D eigenvalue weighted by atomic mass is 10.1. The summed E-state index contributed by atoms with van der Waals surface area (Å²) >= 11 is 8.19. The second kappa shape index (κ2) is 5.72. The van der Waals surface area contributed by atoms with Gasteiger partial charge in [0.25, 0.3) is 0 Å². The monoisotopic (exact) mass is 391 g/mol. The van der Waals surface area contributed by atoms with Crippen molar-refractivity contribution in [3.63, 3.8) is 0 Å². The van der Waals surface area contributed by atoms with E-state index < -0.39 is 0 Å². The molecule has 0 bridgehead atoms. The van der Waals surface area contributed by atoms with Crippen molar-refractivity contribution >= 4 is 34.2 Å². The highest BCUT2D eigenvalue weighted by Crippen LogP contribution is 2.21. The highest BCUT2D eigenvalue weighted by molar-refractivity contribution is 14.1. The van der Waals surface area contributed by atoms with Crippen LogP contribution >= 0.6 is 34.2 Å². The molecule has 102 valence electrons. The Morgan fingerprint density at radius 1 is 1.37 bits per heavy atom. The Hall–Kier alpha value is -0.730. The number of nitrogens with one attached hydrogen (secondary N) is 1. The maximum atomic E-state index is 5.96. The summed E-state index contributed by atoms with van der Waals surface area (Å²) in [6, 6.07) is 5.64. The summed E-state index contributed by atoms with van der Waals surface area (Å²) in [5, 5.41) is 15.9. The van der Waals surface area contributed by atoms with Crippen LogP contribution in [0.3, 0.4) is 0 Å². The summed E-state index contributed by atoms with van der Waals surface area (Å²) in [6.45, 7) is 6.92. The van der Waals surface area contributed by atoms with Crippen molar-refractivity contribution in [1.29, 1.82) is 0 Å². The second-order valence-electron chi connectivity index (χ2n) is 5.21. The van der Waals surface area contributed by atoms with E-state index in [0.717, 1.165) is 15.1 Å². The normalized spacial score (nSPS) is 11.8. The van der Waals surface area contributed by atoms with Gasteiger partial charge in [0.05, 0.1) is 12.2 Å². The molecule has 1 N–H and O–H groups in total. The first-order chi connectivity index (χ1) is 8.87. The van der Waals surface area contributed by atoms with E-state index in [4.69, 9.17) is 11.6 Å². The van der Waals surface area contributed by atoms with Gasteiger partial charge in [0.2, 0.25) is 0 Å². The molecule has 2 rings (SSSR count). The van der Waals surface area contributed by atoms with Crippen LogP contribution in [0.15, 0.2) is 18.2 Å². The summed E-state index contributed by atoms with van der Waals surface area (Å²) in [7, 11) is 0. The Bertz CT molecular complexity index is 576. The fraction of sp³-hybridized carbons (Fsp3) is 0.417. The van der Waals surface area contributed by atoms with Gasteiger partial charge in [0.1, 0.15) is 0 Å². The smallest absolute Gasteiger partial charge is 0.170 e. The van der Waals surface area contributed by atoms with Crippen LogP contribution in [0.2, 0.25) is 5.02 Å². The zero-order chi connectivity index (χ0) is 14.0. The van der Waals surface area contributed by atoms with Gasteiger partial charge in [-0.15, -0.1) is 5.10 Å². The Morgan fingerprint density at radius 2 is 2.11 bits per heavy atom. The summed E-state index contributed by atoms with van der Waals surface area (Å²) < 4.78 is 2.74. The van der Waals surface area contributed by atoms with Crippen molar-refractivity contribution in [2.75, 3.05) is 0 Å². The van der Waals surface area contributed by atoms with Crippen molar-refractivity contribution in [3.05, 3.63) is 32.6 Å². The first kappa shape index (κ1) is 14.7. The van der Waals surface area contributed by atoms with E-state index in [1.165, 1.54) is 0 Å². The molecule has 0 aliphatic carbocycles. The van der Waals surface area contributed by atoms with Gasteiger partial charge in [-0.05, 0) is 72.0 Å². The first-order valence-electron chi connectivity index (χ1n) is 5.84. The number of hydrogen-bond acceptors (Lipinski definition) is 4. The van der Waals surface area contributed by atoms with E-state index in [1.807, 2.05) is 18.2 Å². The molecule has 0 amide bonds. The third-order valence-electron chi connectivity index (χ3n) is 2.45. The molecule has 0 fully saturated rings. The van der Waals surface area contributed by atoms with Gasteiger partial charge in [-0.1, -0.05) is 11.6 Å². The van der Waals surface area contributed by atoms with E-state index in [2.05, 4.69) is 64.2 Å². The third-order valence-corrected chi connectivity index (χ3v) is 3.55. The number of aromatic nitrogens is 4. The Labute approximate surface area is 130 Å². The van der Waals surface area contributed by atoms with Crippen molar-refractivity contribution in [2.45, 2.75) is 32.9 Å². The van der Waals surface area contributed by atoms with Crippen LogP contribution in [0, 0.1) is 3.57 Å². The minimum Gasteiger partial charge on any atom is -0.305 e. The lowest BCUT2D eigenvalue weighted by Crippen LogP contribution is -2.36. The summed E-state index contributed by atoms with van der Waals surface area (Å²) in [4.78, 5) is 0. The summed E-state index contributed by atoms with van der Waals surface area (Å²) in [5.41, 5.74) is 0.949. The van der Waals surface area contributed by atoms with Gasteiger partial charge in [-0.2, -0.15) is 4.68 Å². The Kier molecular flexibility index (Phi) is 4.42. The van der Waals surface area contributed by atoms with Crippen molar-refractivity contribution in [3.8, 4) is 5.69 Å². The highest BCUT2D eigenvalue weighted by atomic mass is 127. The van der Waals surface area contributed by atoms with Crippen LogP contribution in [-0.2, 0) is 6.54 Å². The SMILES string of the molecule is CC(C)(C)NCc1nnnn1-c1ccc(Cl)cc1I. The molecule has 0 saturated carbocycles. The average molecular weight is 392 g/mol. The van der Waals surface area contributed by atoms with Crippen LogP contribution in [-0.4, -0.2) is 25.7 Å². The van der Waals surface area contributed by atoms with Gasteiger partial charge in [-0.3, -0.25) is 0 Å². The summed E-state index contributed by atoms with van der Waals surface area (Å²) in [5.74, 6) is 0.773. The Morgan fingerprint density at radius 3 is 2.74 bits per heavy atom. The number of halogens is 2. The third kappa shape index (κ3) is 3.87. The molecule has 2 aromatic rings. The fourth-order valence-corrected chi connectivity index (χ4v) is 2.60. The predicted molar refractivity (Wildman–Crippen MR) is 83.5 cm³/mol. The second-order valence-corrected chi connectivity index (χ2v) is 6.80. The maximum Gasteiger partial charge on any atom is 0.170 e. The van der Waals surface area contributed by atoms with Crippen LogP contribution in [0.4, 0.5) is 0 Å². The molecular weight excluding hydrogens is 377 g/mol. The molecule has 1 aromatic carbocycles. The molecular formula is C12H15ClIN5. The highest BCUT2D eigenvalue weighted by Gasteiger charge is 2.14. The van der Waals surface area contributed by atoms with Gasteiger partial charge < -0.3 is 5.32 Å². The lowest BCUT2D eigenvalue weighted by molar-refractivity contribution is 0.415. The molecule has 0 radical (unpaired) electrons. The first-order valence-corrected chi connectivity index (χ1v) is 7.30. The molecule has 0 saturated heterocycles. The van der Waals surface area contributed by atoms with E-state index in [-0.39, 0.29) is 5.54 Å². The minimum absolute atomic E-state index is 0.0178. The van der Waals surface area contributed by atoms with Gasteiger partial charge >= 0.3 is 0 Å². The van der Waals surface area contributed by atoms with Gasteiger partial charge in [-0.25, -0.2) is 0 Å². The topological polar surface area (TPSA) is 55.6 Å². The number of nitrogens with zero attached hydrogens (tertiary/aromatic N) is 4. The van der Waals surface area contributed by atoms with Gasteiger partial charge in [0.15, 0.2) is 5.82 Å². The zero-order valence-electron chi connectivity index (χ0n) is 11.0. The predicted octanol–water partition coefficient (Wildman–Crippen LogP) is 2.81. The van der Waals surface area contributed by atoms with Crippen LogP contribution in [0.25, 0.3) is 5.69 Å². The number of hydrogen-bond donors (Lipinski definition) is 1. The molecule has 0 spiro atoms. The fourth-order valence-electron chi connectivity index (χ4n) is 1.50.